The zero-order valence-electron chi connectivity index (χ0n) is 12.8. The SMILES string of the molecule is C[C@@H](NCc1ccc(CO)cc1)c1cccc2ccccc12. The van der Waals surface area contributed by atoms with Gasteiger partial charge in [0, 0.05) is 12.6 Å². The summed E-state index contributed by atoms with van der Waals surface area (Å²) < 4.78 is 0. The van der Waals surface area contributed by atoms with Crippen molar-refractivity contribution in [3.8, 4) is 0 Å². The van der Waals surface area contributed by atoms with E-state index in [2.05, 4.69) is 66.8 Å². The molecule has 0 heterocycles. The van der Waals surface area contributed by atoms with E-state index < -0.39 is 0 Å². The van der Waals surface area contributed by atoms with E-state index in [0.717, 1.165) is 12.1 Å². The average Bonchev–Trinajstić information content (AvgIpc) is 2.59. The molecule has 0 unspecified atom stereocenters. The fourth-order valence-electron chi connectivity index (χ4n) is 2.77. The minimum atomic E-state index is 0.0973. The number of benzene rings is 3. The lowest BCUT2D eigenvalue weighted by Crippen LogP contribution is -2.18. The second-order valence-corrected chi connectivity index (χ2v) is 5.65. The molecule has 2 nitrogen and oxygen atoms in total. The van der Waals surface area contributed by atoms with Gasteiger partial charge in [-0.15, -0.1) is 0 Å². The van der Waals surface area contributed by atoms with Crippen LogP contribution in [0.25, 0.3) is 10.8 Å². The van der Waals surface area contributed by atoms with Crippen molar-refractivity contribution in [2.45, 2.75) is 26.1 Å². The maximum absolute atomic E-state index is 9.08. The zero-order valence-corrected chi connectivity index (χ0v) is 12.8. The highest BCUT2D eigenvalue weighted by Gasteiger charge is 2.08. The number of hydrogen-bond donors (Lipinski definition) is 2. The smallest absolute Gasteiger partial charge is 0.0681 e. The molecule has 0 saturated carbocycles. The Morgan fingerprint density at radius 3 is 2.32 bits per heavy atom. The van der Waals surface area contributed by atoms with Crippen LogP contribution in [0.2, 0.25) is 0 Å². The summed E-state index contributed by atoms with van der Waals surface area (Å²) in [5, 5.41) is 15.2. The first-order valence-electron chi connectivity index (χ1n) is 7.67. The normalized spacial score (nSPS) is 12.5. The molecule has 112 valence electrons. The number of aliphatic hydroxyl groups is 1. The predicted molar refractivity (Wildman–Crippen MR) is 91.6 cm³/mol. The topological polar surface area (TPSA) is 32.3 Å². The van der Waals surface area contributed by atoms with Crippen LogP contribution in [0.3, 0.4) is 0 Å². The average molecular weight is 291 g/mol. The summed E-state index contributed by atoms with van der Waals surface area (Å²) in [6, 6.07) is 23.3. The van der Waals surface area contributed by atoms with Crippen molar-refractivity contribution in [3.05, 3.63) is 83.4 Å². The summed E-state index contributed by atoms with van der Waals surface area (Å²) in [7, 11) is 0. The van der Waals surface area contributed by atoms with Gasteiger partial charge >= 0.3 is 0 Å². The predicted octanol–water partition coefficient (Wildman–Crippen LogP) is 4.18. The van der Waals surface area contributed by atoms with Gasteiger partial charge in [0.1, 0.15) is 0 Å². The highest BCUT2D eigenvalue weighted by Crippen LogP contribution is 2.24. The highest BCUT2D eigenvalue weighted by atomic mass is 16.3. The lowest BCUT2D eigenvalue weighted by molar-refractivity contribution is 0.282. The van der Waals surface area contributed by atoms with Gasteiger partial charge in [-0.2, -0.15) is 0 Å². The fourth-order valence-corrected chi connectivity index (χ4v) is 2.77. The van der Waals surface area contributed by atoms with Crippen LogP contribution in [-0.2, 0) is 13.2 Å². The van der Waals surface area contributed by atoms with Crippen LogP contribution in [0, 0.1) is 0 Å². The van der Waals surface area contributed by atoms with E-state index in [1.807, 2.05) is 12.1 Å². The van der Waals surface area contributed by atoms with Crippen LogP contribution in [0.4, 0.5) is 0 Å². The summed E-state index contributed by atoms with van der Waals surface area (Å²) in [5.74, 6) is 0. The molecule has 0 aromatic heterocycles. The molecule has 3 aromatic carbocycles. The molecule has 0 aliphatic carbocycles. The van der Waals surface area contributed by atoms with E-state index >= 15 is 0 Å². The molecule has 22 heavy (non-hydrogen) atoms. The molecule has 0 amide bonds. The first kappa shape index (κ1) is 14.8. The van der Waals surface area contributed by atoms with E-state index in [0.29, 0.717) is 0 Å². The van der Waals surface area contributed by atoms with Crippen molar-refractivity contribution in [1.29, 1.82) is 0 Å². The van der Waals surface area contributed by atoms with Crippen molar-refractivity contribution in [2.24, 2.45) is 0 Å². The molecular formula is C20H21NO. The Bertz CT molecular complexity index is 744. The van der Waals surface area contributed by atoms with E-state index in [1.165, 1.54) is 21.9 Å². The lowest BCUT2D eigenvalue weighted by Gasteiger charge is -2.17. The number of nitrogens with one attached hydrogen (secondary N) is 1. The summed E-state index contributed by atoms with van der Waals surface area (Å²) in [5.41, 5.74) is 3.50. The van der Waals surface area contributed by atoms with Gasteiger partial charge in [0.2, 0.25) is 0 Å². The Hall–Kier alpha value is -2.16. The molecule has 0 saturated heterocycles. The molecule has 3 rings (SSSR count). The second kappa shape index (κ2) is 6.73. The molecule has 2 heteroatoms. The van der Waals surface area contributed by atoms with Gasteiger partial charge in [0.25, 0.3) is 0 Å². The van der Waals surface area contributed by atoms with Crippen molar-refractivity contribution >= 4 is 10.8 Å². The third-order valence-corrected chi connectivity index (χ3v) is 4.11. The van der Waals surface area contributed by atoms with E-state index in [1.54, 1.807) is 0 Å². The second-order valence-electron chi connectivity index (χ2n) is 5.65. The highest BCUT2D eigenvalue weighted by molar-refractivity contribution is 5.86. The molecule has 0 radical (unpaired) electrons. The standard InChI is InChI=1S/C20H21NO/c1-15(21-13-16-9-11-17(14-22)12-10-16)19-8-4-6-18-5-2-3-7-20(18)19/h2-12,15,21-22H,13-14H2,1H3/t15-/m1/s1. The zero-order chi connectivity index (χ0) is 15.4. The van der Waals surface area contributed by atoms with Crippen molar-refractivity contribution in [1.82, 2.24) is 5.32 Å². The van der Waals surface area contributed by atoms with Crippen LogP contribution in [0.5, 0.6) is 0 Å². The molecule has 0 aliphatic rings. The Labute approximate surface area is 131 Å². The Kier molecular flexibility index (Phi) is 4.52. The van der Waals surface area contributed by atoms with Crippen LogP contribution < -0.4 is 5.32 Å². The number of fused-ring (bicyclic) bond motifs is 1. The molecule has 0 bridgehead atoms. The van der Waals surface area contributed by atoms with E-state index in [9.17, 15) is 0 Å². The molecule has 2 N–H and O–H groups in total. The van der Waals surface area contributed by atoms with Gasteiger partial charge < -0.3 is 10.4 Å². The van der Waals surface area contributed by atoms with Crippen molar-refractivity contribution in [2.75, 3.05) is 0 Å². The van der Waals surface area contributed by atoms with Gasteiger partial charge in [-0.25, -0.2) is 0 Å². The van der Waals surface area contributed by atoms with Crippen LogP contribution in [0.15, 0.2) is 66.7 Å². The van der Waals surface area contributed by atoms with Gasteiger partial charge in [0.05, 0.1) is 6.61 Å². The van der Waals surface area contributed by atoms with Gasteiger partial charge in [-0.3, -0.25) is 0 Å². The van der Waals surface area contributed by atoms with Gasteiger partial charge in [-0.1, -0.05) is 66.7 Å². The van der Waals surface area contributed by atoms with E-state index in [4.69, 9.17) is 5.11 Å². The first-order valence-corrected chi connectivity index (χ1v) is 7.67. The summed E-state index contributed by atoms with van der Waals surface area (Å²) in [4.78, 5) is 0. The Balaban J connectivity index is 1.74. The third kappa shape index (κ3) is 3.19. The van der Waals surface area contributed by atoms with Crippen LogP contribution in [-0.4, -0.2) is 5.11 Å². The van der Waals surface area contributed by atoms with Crippen molar-refractivity contribution in [3.63, 3.8) is 0 Å². The monoisotopic (exact) mass is 291 g/mol. The molecule has 0 aliphatic heterocycles. The summed E-state index contributed by atoms with van der Waals surface area (Å²) >= 11 is 0. The minimum Gasteiger partial charge on any atom is -0.392 e. The van der Waals surface area contributed by atoms with E-state index in [-0.39, 0.29) is 12.6 Å². The molecule has 3 aromatic rings. The van der Waals surface area contributed by atoms with Gasteiger partial charge in [0.15, 0.2) is 0 Å². The molecule has 1 atom stereocenters. The first-order chi connectivity index (χ1) is 10.8. The lowest BCUT2D eigenvalue weighted by atomic mass is 9.99. The Morgan fingerprint density at radius 2 is 1.55 bits per heavy atom. The number of rotatable bonds is 5. The van der Waals surface area contributed by atoms with Crippen molar-refractivity contribution < 1.29 is 5.11 Å². The maximum Gasteiger partial charge on any atom is 0.0681 e. The summed E-state index contributed by atoms with van der Waals surface area (Å²) in [6.07, 6.45) is 0. The molecular weight excluding hydrogens is 270 g/mol. The molecule has 0 spiro atoms. The van der Waals surface area contributed by atoms with Crippen LogP contribution in [0.1, 0.15) is 29.7 Å². The number of aliphatic hydroxyl groups excluding tert-OH is 1. The Morgan fingerprint density at radius 1 is 0.864 bits per heavy atom. The van der Waals surface area contributed by atoms with Gasteiger partial charge in [-0.05, 0) is 34.4 Å². The largest absolute Gasteiger partial charge is 0.392 e. The van der Waals surface area contributed by atoms with Crippen LogP contribution >= 0.6 is 0 Å². The molecule has 0 fully saturated rings. The maximum atomic E-state index is 9.08. The minimum absolute atomic E-state index is 0.0973. The quantitative estimate of drug-likeness (QED) is 0.739. The number of hydrogen-bond acceptors (Lipinski definition) is 2. The fraction of sp³-hybridized carbons (Fsp3) is 0.200. The third-order valence-electron chi connectivity index (χ3n) is 4.11. The summed E-state index contributed by atoms with van der Waals surface area (Å²) in [6.45, 7) is 3.11.